The van der Waals surface area contributed by atoms with Crippen molar-refractivity contribution in [3.63, 3.8) is 0 Å². The number of hydrogen-bond acceptors (Lipinski definition) is 6. The molecule has 1 aliphatic heterocycles. The molecule has 1 saturated heterocycles. The normalized spacial score (nSPS) is 27.2. The van der Waals surface area contributed by atoms with Gasteiger partial charge in [0.1, 0.15) is 24.2 Å². The number of hydrogen-bond donors (Lipinski definition) is 3. The fourth-order valence-corrected chi connectivity index (χ4v) is 2.39. The number of aliphatic hydroxyl groups is 2. The second kappa shape index (κ2) is 4.57. The maximum Gasteiger partial charge on any atom is 0.329 e. The standard InChI is InChI=1S/C10H11ClN4O4/c11-8-7-9(13-3-12-8)15(10(18)14-7)6-1-4(17)5(2-16)19-6/h3-6,16-17H,1-2H2,(H,14,18)/t4-,5+,6+/m1/s1. The van der Waals surface area contributed by atoms with Gasteiger partial charge in [0, 0.05) is 6.42 Å². The summed E-state index contributed by atoms with van der Waals surface area (Å²) < 4.78 is 6.70. The van der Waals surface area contributed by atoms with Crippen LogP contribution in [0, 0.1) is 0 Å². The van der Waals surface area contributed by atoms with Crippen LogP contribution in [-0.2, 0) is 4.74 Å². The molecule has 0 bridgehead atoms. The Kier molecular flexibility index (Phi) is 3.02. The summed E-state index contributed by atoms with van der Waals surface area (Å²) >= 11 is 5.87. The van der Waals surface area contributed by atoms with Crippen molar-refractivity contribution < 1.29 is 14.9 Å². The topological polar surface area (TPSA) is 113 Å². The Balaban J connectivity index is 2.09. The molecule has 9 heteroatoms. The van der Waals surface area contributed by atoms with Gasteiger partial charge in [-0.25, -0.2) is 19.3 Å². The first-order valence-electron chi connectivity index (χ1n) is 5.67. The number of H-pyrrole nitrogens is 1. The Labute approximate surface area is 111 Å². The van der Waals surface area contributed by atoms with E-state index in [1.807, 2.05) is 0 Å². The number of aromatic amines is 1. The number of halogens is 1. The molecular weight excluding hydrogens is 276 g/mol. The van der Waals surface area contributed by atoms with E-state index in [2.05, 4.69) is 15.0 Å². The summed E-state index contributed by atoms with van der Waals surface area (Å²) in [5.74, 6) is 0. The number of nitrogens with one attached hydrogen (secondary N) is 1. The van der Waals surface area contributed by atoms with Crippen molar-refractivity contribution in [3.8, 4) is 0 Å². The molecule has 0 aromatic carbocycles. The number of aliphatic hydroxyl groups excluding tert-OH is 2. The first kappa shape index (κ1) is 12.5. The van der Waals surface area contributed by atoms with Gasteiger partial charge in [-0.3, -0.25) is 0 Å². The van der Waals surface area contributed by atoms with E-state index in [4.69, 9.17) is 21.4 Å². The Morgan fingerprint density at radius 3 is 3.05 bits per heavy atom. The van der Waals surface area contributed by atoms with E-state index >= 15 is 0 Å². The van der Waals surface area contributed by atoms with Crippen molar-refractivity contribution in [3.05, 3.63) is 22.0 Å². The van der Waals surface area contributed by atoms with Gasteiger partial charge in [-0.15, -0.1) is 0 Å². The predicted octanol–water partition coefficient (Wildman–Crippen LogP) is -0.586. The van der Waals surface area contributed by atoms with E-state index in [0.717, 1.165) is 0 Å². The van der Waals surface area contributed by atoms with E-state index in [9.17, 15) is 9.90 Å². The maximum atomic E-state index is 11.9. The highest BCUT2D eigenvalue weighted by Gasteiger charge is 2.36. The second-order valence-corrected chi connectivity index (χ2v) is 4.64. The molecule has 102 valence electrons. The largest absolute Gasteiger partial charge is 0.394 e. The molecule has 1 aliphatic rings. The minimum Gasteiger partial charge on any atom is -0.394 e. The van der Waals surface area contributed by atoms with Crippen molar-refractivity contribution in [2.45, 2.75) is 24.9 Å². The van der Waals surface area contributed by atoms with Gasteiger partial charge in [0.2, 0.25) is 0 Å². The van der Waals surface area contributed by atoms with Crippen molar-refractivity contribution in [1.82, 2.24) is 19.5 Å². The zero-order chi connectivity index (χ0) is 13.6. The monoisotopic (exact) mass is 286 g/mol. The molecule has 0 aliphatic carbocycles. The molecule has 8 nitrogen and oxygen atoms in total. The molecule has 0 amide bonds. The van der Waals surface area contributed by atoms with Crippen LogP contribution in [0.15, 0.2) is 11.1 Å². The highest BCUT2D eigenvalue weighted by Crippen LogP contribution is 2.29. The van der Waals surface area contributed by atoms with Gasteiger partial charge < -0.3 is 19.9 Å². The lowest BCUT2D eigenvalue weighted by molar-refractivity contribution is -0.0441. The molecule has 0 radical (unpaired) electrons. The van der Waals surface area contributed by atoms with Gasteiger partial charge in [0.15, 0.2) is 10.8 Å². The van der Waals surface area contributed by atoms with Crippen LogP contribution < -0.4 is 5.69 Å². The van der Waals surface area contributed by atoms with Gasteiger partial charge in [0.05, 0.1) is 12.7 Å². The highest BCUT2D eigenvalue weighted by atomic mass is 35.5. The molecule has 3 N–H and O–H groups in total. The fraction of sp³-hybridized carbons (Fsp3) is 0.500. The second-order valence-electron chi connectivity index (χ2n) is 4.28. The van der Waals surface area contributed by atoms with Crippen LogP contribution in [0.5, 0.6) is 0 Å². The van der Waals surface area contributed by atoms with Gasteiger partial charge >= 0.3 is 5.69 Å². The average Bonchev–Trinajstić information content (AvgIpc) is 2.90. The first-order valence-corrected chi connectivity index (χ1v) is 6.04. The summed E-state index contributed by atoms with van der Waals surface area (Å²) in [5.41, 5.74) is 0.175. The number of rotatable bonds is 2. The summed E-state index contributed by atoms with van der Waals surface area (Å²) in [4.78, 5) is 22.3. The van der Waals surface area contributed by atoms with E-state index in [-0.39, 0.29) is 18.2 Å². The molecular formula is C10H11ClN4O4. The number of imidazole rings is 1. The SMILES string of the molecule is O=c1[nH]c2c(Cl)ncnc2n1[C@@H]1C[C@@H](O)[C@H](CO)O1. The highest BCUT2D eigenvalue weighted by molar-refractivity contribution is 6.33. The van der Waals surface area contributed by atoms with E-state index in [1.165, 1.54) is 10.9 Å². The molecule has 19 heavy (non-hydrogen) atoms. The van der Waals surface area contributed by atoms with Gasteiger partial charge in [0.25, 0.3) is 0 Å². The van der Waals surface area contributed by atoms with Crippen molar-refractivity contribution in [2.24, 2.45) is 0 Å². The third-order valence-electron chi connectivity index (χ3n) is 3.13. The molecule has 1 fully saturated rings. The minimum absolute atomic E-state index is 0.137. The fourth-order valence-electron chi connectivity index (χ4n) is 2.21. The molecule has 0 saturated carbocycles. The van der Waals surface area contributed by atoms with Crippen molar-refractivity contribution >= 4 is 22.8 Å². The zero-order valence-corrected chi connectivity index (χ0v) is 10.4. The van der Waals surface area contributed by atoms with Gasteiger partial charge in [-0.2, -0.15) is 0 Å². The lowest BCUT2D eigenvalue weighted by Gasteiger charge is -2.12. The average molecular weight is 287 g/mol. The van der Waals surface area contributed by atoms with Crippen LogP contribution >= 0.6 is 11.6 Å². The van der Waals surface area contributed by atoms with Crippen LogP contribution in [0.1, 0.15) is 12.6 Å². The lowest BCUT2D eigenvalue weighted by atomic mass is 10.2. The van der Waals surface area contributed by atoms with Gasteiger partial charge in [-0.1, -0.05) is 11.6 Å². The smallest absolute Gasteiger partial charge is 0.329 e. The summed E-state index contributed by atoms with van der Waals surface area (Å²) in [6.45, 7) is -0.315. The maximum absolute atomic E-state index is 11.9. The predicted molar refractivity (Wildman–Crippen MR) is 64.8 cm³/mol. The van der Waals surface area contributed by atoms with Crippen molar-refractivity contribution in [1.29, 1.82) is 0 Å². The Morgan fingerprint density at radius 1 is 1.58 bits per heavy atom. The van der Waals surface area contributed by atoms with Crippen LogP contribution in [0.25, 0.3) is 11.2 Å². The molecule has 2 aromatic heterocycles. The third kappa shape index (κ3) is 1.93. The molecule has 0 spiro atoms. The Bertz CT molecular complexity index is 669. The molecule has 3 heterocycles. The summed E-state index contributed by atoms with van der Waals surface area (Å²) in [6.07, 6.45) is -0.800. The molecule has 2 aromatic rings. The number of aromatic nitrogens is 4. The summed E-state index contributed by atoms with van der Waals surface area (Å²) in [6, 6.07) is 0. The Morgan fingerprint density at radius 2 is 2.37 bits per heavy atom. The molecule has 3 atom stereocenters. The van der Waals surface area contributed by atoms with Crippen LogP contribution in [0.3, 0.4) is 0 Å². The quantitative estimate of drug-likeness (QED) is 0.636. The number of nitrogens with zero attached hydrogens (tertiary/aromatic N) is 3. The number of ether oxygens (including phenoxy) is 1. The van der Waals surface area contributed by atoms with E-state index < -0.39 is 24.1 Å². The van der Waals surface area contributed by atoms with Crippen LogP contribution in [0.2, 0.25) is 5.15 Å². The third-order valence-corrected chi connectivity index (χ3v) is 3.42. The van der Waals surface area contributed by atoms with Crippen LogP contribution in [-0.4, -0.2) is 48.5 Å². The molecule has 3 rings (SSSR count). The molecule has 0 unspecified atom stereocenters. The van der Waals surface area contributed by atoms with Crippen molar-refractivity contribution in [2.75, 3.05) is 6.61 Å². The zero-order valence-electron chi connectivity index (χ0n) is 9.65. The first-order chi connectivity index (χ1) is 9.11. The summed E-state index contributed by atoms with van der Waals surface area (Å²) in [7, 11) is 0. The summed E-state index contributed by atoms with van der Waals surface area (Å²) in [5, 5.41) is 18.9. The minimum atomic E-state index is -0.829. The number of fused-ring (bicyclic) bond motifs is 1. The van der Waals surface area contributed by atoms with Gasteiger partial charge in [-0.05, 0) is 0 Å². The Hall–Kier alpha value is -1.48. The van der Waals surface area contributed by atoms with Crippen LogP contribution in [0.4, 0.5) is 0 Å². The van der Waals surface area contributed by atoms with E-state index in [0.29, 0.717) is 11.2 Å². The lowest BCUT2D eigenvalue weighted by Crippen LogP contribution is -2.25. The van der Waals surface area contributed by atoms with E-state index in [1.54, 1.807) is 0 Å².